The standard InChI is InChI=1S/C48H50N8O17/c49-47(50)53-27-11-13-29-25(21-27)5-3-17-70-39-31(7-1-9-35(39)72-45(29)67)41(61)55(33(43(63)64)23-37(57)58)15-19-69-20-16-56(34(44(65)66)24-38(59)60)42(62)32-8-2-10-36-40(32)71-18-4-6-26-22-28(54-48(51)52)12-14-30(26)46(68)73-36/h1-2,7-14,21-22,33-34H,3-6,15-20,23-24H2,(H,57,58)(H,59,60)(H,63,64)(H,65,66)(H4,49,50,53)(H4,51,52,54)/t33-,34-/m0/s1. The Hall–Kier alpha value is -9.26. The Balaban J connectivity index is 1.24. The number of rotatable bonds is 18. The number of hydrogen-bond donors (Lipinski definition) is 10. The molecule has 0 fully saturated rings. The lowest BCUT2D eigenvalue weighted by Gasteiger charge is -2.30. The van der Waals surface area contributed by atoms with Crippen molar-refractivity contribution in [3.8, 4) is 23.0 Å². The number of nitrogens with zero attached hydrogens (tertiary/aromatic N) is 2. The number of esters is 2. The highest BCUT2D eigenvalue weighted by molar-refractivity contribution is 6.03. The van der Waals surface area contributed by atoms with Crippen molar-refractivity contribution in [3.63, 3.8) is 0 Å². The predicted molar refractivity (Wildman–Crippen MR) is 255 cm³/mol. The van der Waals surface area contributed by atoms with Crippen molar-refractivity contribution >= 4 is 70.9 Å². The van der Waals surface area contributed by atoms with E-state index in [9.17, 15) is 58.8 Å². The summed E-state index contributed by atoms with van der Waals surface area (Å²) in [5.74, 6) is -12.0. The number of aliphatic carboxylic acids is 4. The van der Waals surface area contributed by atoms with Crippen LogP contribution in [-0.2, 0) is 36.8 Å². The molecule has 0 bridgehead atoms. The van der Waals surface area contributed by atoms with E-state index in [4.69, 9.17) is 46.0 Å². The number of nitrogens with two attached hydrogens (primary N) is 2. The molecule has 73 heavy (non-hydrogen) atoms. The number of fused-ring (bicyclic) bond motifs is 4. The number of carboxylic acids is 4. The number of aryl methyl sites for hydroxylation is 2. The summed E-state index contributed by atoms with van der Waals surface area (Å²) in [6.07, 6.45) is -1.02. The minimum absolute atomic E-state index is 0.0475. The number of carboxylic acid groups (broad SMARTS) is 4. The molecule has 0 aliphatic carbocycles. The van der Waals surface area contributed by atoms with Gasteiger partial charge in [0.15, 0.2) is 34.9 Å². The van der Waals surface area contributed by atoms with Crippen LogP contribution >= 0.6 is 0 Å². The van der Waals surface area contributed by atoms with Crippen LogP contribution in [-0.4, -0.2) is 141 Å². The van der Waals surface area contributed by atoms with E-state index < -0.39 is 98.9 Å². The van der Waals surface area contributed by atoms with Crippen LogP contribution in [0.3, 0.4) is 0 Å². The van der Waals surface area contributed by atoms with Crippen molar-refractivity contribution in [3.05, 3.63) is 106 Å². The van der Waals surface area contributed by atoms with Crippen molar-refractivity contribution in [1.82, 2.24) is 9.80 Å². The zero-order chi connectivity index (χ0) is 52.9. The third kappa shape index (κ3) is 13.5. The zero-order valence-corrected chi connectivity index (χ0v) is 38.7. The van der Waals surface area contributed by atoms with Gasteiger partial charge in [0.2, 0.25) is 0 Å². The number of para-hydroxylation sites is 2. The molecule has 2 aliphatic rings. The van der Waals surface area contributed by atoms with Gasteiger partial charge >= 0.3 is 35.8 Å². The van der Waals surface area contributed by atoms with E-state index in [2.05, 4.69) is 10.6 Å². The lowest BCUT2D eigenvalue weighted by molar-refractivity contribution is -0.149. The van der Waals surface area contributed by atoms with E-state index >= 15 is 0 Å². The number of carbonyl (C=O) groups excluding carboxylic acids is 4. The maximum Gasteiger partial charge on any atom is 0.343 e. The highest BCUT2D eigenvalue weighted by atomic mass is 16.6. The molecule has 6 rings (SSSR count). The Morgan fingerprint density at radius 1 is 0.616 bits per heavy atom. The van der Waals surface area contributed by atoms with Crippen molar-refractivity contribution in [2.24, 2.45) is 11.5 Å². The quantitative estimate of drug-likeness (QED) is 0.0225. The number of anilines is 2. The van der Waals surface area contributed by atoms with Crippen molar-refractivity contribution in [1.29, 1.82) is 10.8 Å². The molecule has 25 heteroatoms. The molecule has 0 saturated carbocycles. The van der Waals surface area contributed by atoms with Gasteiger partial charge in [-0.05, 0) is 97.5 Å². The van der Waals surface area contributed by atoms with Gasteiger partial charge < -0.3 is 76.0 Å². The number of nitrogens with one attached hydrogen (secondary N) is 4. The fraction of sp³-hybridized carbons (Fsp3) is 0.292. The Kier molecular flexibility index (Phi) is 17.5. The second-order valence-electron chi connectivity index (χ2n) is 16.3. The molecule has 12 N–H and O–H groups in total. The number of ether oxygens (including phenoxy) is 5. The molecule has 0 radical (unpaired) electrons. The van der Waals surface area contributed by atoms with E-state index in [1.165, 1.54) is 60.7 Å². The summed E-state index contributed by atoms with van der Waals surface area (Å²) in [6, 6.07) is 13.0. The van der Waals surface area contributed by atoms with Gasteiger partial charge in [-0.2, -0.15) is 0 Å². The van der Waals surface area contributed by atoms with Crippen LogP contribution in [0.1, 0.15) is 78.2 Å². The van der Waals surface area contributed by atoms with E-state index in [0.717, 1.165) is 0 Å². The van der Waals surface area contributed by atoms with Gasteiger partial charge in [0.25, 0.3) is 11.8 Å². The highest BCUT2D eigenvalue weighted by Crippen LogP contribution is 2.37. The van der Waals surface area contributed by atoms with Crippen LogP contribution in [0.25, 0.3) is 0 Å². The molecule has 25 nitrogen and oxygen atoms in total. The molecule has 0 saturated heterocycles. The summed E-state index contributed by atoms with van der Waals surface area (Å²) in [5, 5.41) is 60.2. The molecule has 4 aromatic carbocycles. The first-order valence-corrected chi connectivity index (χ1v) is 22.4. The van der Waals surface area contributed by atoms with Crippen molar-refractivity contribution in [2.45, 2.75) is 50.6 Å². The van der Waals surface area contributed by atoms with Crippen molar-refractivity contribution < 1.29 is 82.5 Å². The largest absolute Gasteiger partial charge is 0.489 e. The first kappa shape index (κ1) is 53.1. The molecule has 2 heterocycles. The Labute approximate surface area is 414 Å². The van der Waals surface area contributed by atoms with Gasteiger partial charge in [-0.25, -0.2) is 19.2 Å². The summed E-state index contributed by atoms with van der Waals surface area (Å²) < 4.78 is 29.1. The van der Waals surface area contributed by atoms with E-state index in [-0.39, 0.29) is 83.2 Å². The maximum absolute atomic E-state index is 14.4. The molecule has 2 amide bonds. The summed E-state index contributed by atoms with van der Waals surface area (Å²) in [7, 11) is 0. The lowest BCUT2D eigenvalue weighted by Crippen LogP contribution is -2.49. The second-order valence-corrected chi connectivity index (χ2v) is 16.3. The summed E-state index contributed by atoms with van der Waals surface area (Å²) in [6.45, 7) is -2.44. The van der Waals surface area contributed by atoms with Crippen LogP contribution in [0.5, 0.6) is 23.0 Å². The van der Waals surface area contributed by atoms with Gasteiger partial charge in [-0.15, -0.1) is 0 Å². The molecule has 4 aromatic rings. The topological polar surface area (TPSA) is 394 Å². The first-order chi connectivity index (χ1) is 34.8. The summed E-state index contributed by atoms with van der Waals surface area (Å²) in [5.41, 5.74) is 12.6. The second kappa shape index (κ2) is 24.0. The summed E-state index contributed by atoms with van der Waals surface area (Å²) >= 11 is 0. The van der Waals surface area contributed by atoms with E-state index in [1.807, 2.05) is 0 Å². The Morgan fingerprint density at radius 2 is 1.01 bits per heavy atom. The Morgan fingerprint density at radius 3 is 1.37 bits per heavy atom. The molecule has 2 atom stereocenters. The van der Waals surface area contributed by atoms with Crippen LogP contribution in [0.15, 0.2) is 72.8 Å². The average Bonchev–Trinajstić information content (AvgIpc) is 3.32. The smallest absolute Gasteiger partial charge is 0.343 e. The molecular formula is C48H50N8O17. The van der Waals surface area contributed by atoms with Crippen LogP contribution in [0.2, 0.25) is 0 Å². The van der Waals surface area contributed by atoms with Crippen LogP contribution in [0, 0.1) is 10.8 Å². The molecular weight excluding hydrogens is 961 g/mol. The van der Waals surface area contributed by atoms with Gasteiger partial charge in [-0.1, -0.05) is 12.1 Å². The fourth-order valence-electron chi connectivity index (χ4n) is 8.00. The van der Waals surface area contributed by atoms with E-state index in [1.54, 1.807) is 12.1 Å². The first-order valence-electron chi connectivity index (χ1n) is 22.4. The highest BCUT2D eigenvalue weighted by Gasteiger charge is 2.37. The average molecular weight is 1010 g/mol. The minimum atomic E-state index is -2.00. The van der Waals surface area contributed by atoms with Crippen LogP contribution < -0.4 is 41.0 Å². The molecule has 0 spiro atoms. The number of benzene rings is 4. The number of carbonyl (C=O) groups is 8. The number of hydrogen-bond acceptors (Lipinski definition) is 15. The zero-order valence-electron chi connectivity index (χ0n) is 38.7. The third-order valence-corrected chi connectivity index (χ3v) is 11.2. The van der Waals surface area contributed by atoms with Gasteiger partial charge in [0, 0.05) is 24.5 Å². The number of amides is 2. The molecule has 0 aromatic heterocycles. The van der Waals surface area contributed by atoms with Crippen molar-refractivity contribution in [2.75, 3.05) is 50.2 Å². The van der Waals surface area contributed by atoms with E-state index in [0.29, 0.717) is 45.1 Å². The third-order valence-electron chi connectivity index (χ3n) is 11.2. The minimum Gasteiger partial charge on any atom is -0.489 e. The molecule has 2 aliphatic heterocycles. The predicted octanol–water partition coefficient (Wildman–Crippen LogP) is 2.84. The van der Waals surface area contributed by atoms with Gasteiger partial charge in [0.1, 0.15) is 12.1 Å². The molecule has 0 unspecified atom stereocenters. The summed E-state index contributed by atoms with van der Waals surface area (Å²) in [4.78, 5) is 106. The number of guanidine groups is 2. The van der Waals surface area contributed by atoms with Crippen LogP contribution in [0.4, 0.5) is 11.4 Å². The van der Waals surface area contributed by atoms with Gasteiger partial charge in [-0.3, -0.25) is 30.0 Å². The maximum atomic E-state index is 14.4. The fourth-order valence-corrected chi connectivity index (χ4v) is 8.00. The SMILES string of the molecule is N=C(N)Nc1ccc2c(c1)CCCOc1c(cccc1C(=O)N(CCOCCN(C(=O)c1cccc3c1OCCCc1cc(NC(=N)N)ccc1C(=O)O3)[C@@H](CC(=O)O)C(=O)O)[C@@H](CC(=O)O)C(=O)O)OC2=O. The Bertz CT molecular complexity index is 2670. The van der Waals surface area contributed by atoms with Gasteiger partial charge in [0.05, 0.1) is 61.5 Å². The molecule has 384 valence electrons. The monoisotopic (exact) mass is 1010 g/mol. The lowest BCUT2D eigenvalue weighted by atomic mass is 10.0. The normalized spacial score (nSPS) is 13.9.